The van der Waals surface area contributed by atoms with Crippen LogP contribution < -0.4 is 0 Å². The van der Waals surface area contributed by atoms with Crippen LogP contribution in [0, 0.1) is 0 Å². The molecule has 1 aliphatic rings. The summed E-state index contributed by atoms with van der Waals surface area (Å²) in [5, 5.41) is 8.45. The fourth-order valence-corrected chi connectivity index (χ4v) is 1.98. The summed E-state index contributed by atoms with van der Waals surface area (Å²) in [5.41, 5.74) is -0.192. The smallest absolute Gasteiger partial charge is 0.303 e. The molecule has 0 radical (unpaired) electrons. The van der Waals surface area contributed by atoms with Crippen molar-refractivity contribution in [3.05, 3.63) is 0 Å². The zero-order valence-electron chi connectivity index (χ0n) is 12.4. The second kappa shape index (κ2) is 14.8. The van der Waals surface area contributed by atoms with Crippen LogP contribution >= 0.6 is 11.8 Å². The topological polar surface area (TPSA) is 49.8 Å². The lowest BCUT2D eigenvalue weighted by molar-refractivity contribution is -0.142. The van der Waals surface area contributed by atoms with Crippen LogP contribution in [0.25, 0.3) is 0 Å². The number of rotatable bonds is 4. The quantitative estimate of drug-likeness (QED) is 0.633. The van der Waals surface area contributed by atoms with Gasteiger partial charge in [-0.3, -0.25) is 4.79 Å². The molecule has 0 aromatic heterocycles. The Morgan fingerprint density at radius 2 is 1.89 bits per heavy atom. The lowest BCUT2D eigenvalue weighted by Crippen LogP contribution is -2.11. The molecule has 1 heterocycles. The fourth-order valence-electron chi connectivity index (χ4n) is 1.38. The molecule has 1 aliphatic heterocycles. The molecule has 110 valence electrons. The molecule has 0 spiro atoms. The van der Waals surface area contributed by atoms with E-state index in [4.69, 9.17) is 9.84 Å². The fraction of sp³-hybridized carbons (Fsp3) is 0.923. The van der Waals surface area contributed by atoms with Gasteiger partial charge in [0.05, 0.1) is 5.94 Å². The Morgan fingerprint density at radius 1 is 1.39 bits per heavy atom. The molecule has 1 fully saturated rings. The van der Waals surface area contributed by atoms with Crippen molar-refractivity contribution in [1.29, 1.82) is 0 Å². The predicted molar refractivity (Wildman–Crippen MR) is 78.6 cm³/mol. The summed E-state index contributed by atoms with van der Waals surface area (Å²) in [6.07, 6.45) is 3.55. The maximum absolute atomic E-state index is 10.4. The lowest BCUT2D eigenvalue weighted by atomic mass is 10.4. The zero-order chi connectivity index (χ0) is 14.4. The third-order valence-corrected chi connectivity index (χ3v) is 3.17. The number of aliphatic hydroxyl groups excluding tert-OH is 1. The minimum atomic E-state index is -0.298. The van der Waals surface area contributed by atoms with Crippen LogP contribution in [0.2, 0.25) is 0 Å². The van der Waals surface area contributed by atoms with E-state index in [1.54, 1.807) is 0 Å². The Balaban J connectivity index is 0. The summed E-state index contributed by atoms with van der Waals surface area (Å²) in [5.74, 6) is -0.306. The molecule has 1 N–H and O–H groups in total. The summed E-state index contributed by atoms with van der Waals surface area (Å²) in [6, 6.07) is 0. The first-order valence-electron chi connectivity index (χ1n) is 6.68. The van der Waals surface area contributed by atoms with E-state index in [0.717, 1.165) is 6.42 Å². The highest BCUT2D eigenvalue weighted by Crippen LogP contribution is 2.14. The predicted octanol–water partition coefficient (Wildman–Crippen LogP) is 2.71. The van der Waals surface area contributed by atoms with Crippen LogP contribution in [-0.4, -0.2) is 47.5 Å². The number of aliphatic hydroxyl groups is 1. The van der Waals surface area contributed by atoms with Gasteiger partial charge in [-0.05, 0) is 39.4 Å². The monoisotopic (exact) mass is 279 g/mol. The number of hydrogen-bond donors (Lipinski definition) is 1. The molecule has 1 saturated heterocycles. The number of thioether (sulfide) groups is 1. The first kappa shape index (κ1) is 20.1. The normalized spacial score (nSPS) is 15.9. The van der Waals surface area contributed by atoms with E-state index in [-0.39, 0.29) is 17.3 Å². The van der Waals surface area contributed by atoms with E-state index in [9.17, 15) is 4.79 Å². The molecule has 0 aliphatic carbocycles. The number of nitrogens with zero attached hydrogens (tertiary/aromatic N) is 1. The lowest BCUT2D eigenvalue weighted by Gasteiger charge is -2.11. The average molecular weight is 279 g/mol. The van der Waals surface area contributed by atoms with Crippen LogP contribution in [0.4, 0.5) is 0 Å². The van der Waals surface area contributed by atoms with Crippen molar-refractivity contribution >= 4 is 17.7 Å². The van der Waals surface area contributed by atoms with Crippen LogP contribution in [-0.2, 0) is 9.53 Å². The third kappa shape index (κ3) is 13.8. The van der Waals surface area contributed by atoms with E-state index >= 15 is 0 Å². The molecule has 5 heteroatoms. The maximum Gasteiger partial charge on any atom is 0.303 e. The molecule has 4 nitrogen and oxygen atoms in total. The maximum atomic E-state index is 10.4. The Morgan fingerprint density at radius 3 is 2.11 bits per heavy atom. The van der Waals surface area contributed by atoms with Crippen LogP contribution in [0.5, 0.6) is 0 Å². The largest absolute Gasteiger partial charge is 0.451 e. The summed E-state index contributed by atoms with van der Waals surface area (Å²) in [7, 11) is 2.17. The second-order valence-electron chi connectivity index (χ2n) is 3.75. The third-order valence-electron chi connectivity index (χ3n) is 2.22. The van der Waals surface area contributed by atoms with Gasteiger partial charge < -0.3 is 14.7 Å². The first-order chi connectivity index (χ1) is 8.60. The van der Waals surface area contributed by atoms with E-state index in [2.05, 4.69) is 11.9 Å². The molecule has 0 bridgehead atoms. The Kier molecular flexibility index (Phi) is 16.5. The van der Waals surface area contributed by atoms with Crippen molar-refractivity contribution in [3.8, 4) is 0 Å². The van der Waals surface area contributed by atoms with E-state index < -0.39 is 0 Å². The zero-order valence-corrected chi connectivity index (χ0v) is 13.3. The van der Waals surface area contributed by atoms with Gasteiger partial charge in [-0.25, -0.2) is 0 Å². The van der Waals surface area contributed by atoms with Crippen LogP contribution in [0.1, 0.15) is 47.0 Å². The minimum absolute atomic E-state index is 0.00815. The van der Waals surface area contributed by atoms with Gasteiger partial charge in [0.25, 0.3) is 0 Å². The number of ether oxygens (including phenoxy) is 1. The highest BCUT2D eigenvalue weighted by atomic mass is 32.2. The van der Waals surface area contributed by atoms with Gasteiger partial charge in [-0.1, -0.05) is 32.5 Å². The summed E-state index contributed by atoms with van der Waals surface area (Å²) >= 11 is 1.22. The molecule has 18 heavy (non-hydrogen) atoms. The molecular formula is C13H29NO3S. The molecule has 1 unspecified atom stereocenters. The van der Waals surface area contributed by atoms with Gasteiger partial charge in [-0.15, -0.1) is 0 Å². The van der Waals surface area contributed by atoms with Gasteiger partial charge in [0.15, 0.2) is 0 Å². The van der Waals surface area contributed by atoms with Crippen LogP contribution in [0.3, 0.4) is 0 Å². The van der Waals surface area contributed by atoms with Crippen molar-refractivity contribution in [1.82, 2.24) is 4.90 Å². The van der Waals surface area contributed by atoms with Gasteiger partial charge in [0.2, 0.25) is 0 Å². The van der Waals surface area contributed by atoms with Gasteiger partial charge in [-0.2, -0.15) is 0 Å². The van der Waals surface area contributed by atoms with Gasteiger partial charge in [0.1, 0.15) is 5.44 Å². The SMILES string of the molecule is CC.CCC(OC(C)=O)SCO.CN1CCCC1. The van der Waals surface area contributed by atoms with Gasteiger partial charge >= 0.3 is 5.97 Å². The molecule has 0 amide bonds. The molecular weight excluding hydrogens is 250 g/mol. The standard InChI is InChI=1S/C6H12O3S.C5H11N.C2H6/c1-3-6(10-4-7)9-5(2)8;1-6-4-2-3-5-6;1-2/h6-7H,3-4H2,1-2H3;2-5H2,1H3;1-2H3. The number of esters is 1. The van der Waals surface area contributed by atoms with Crippen LogP contribution in [0.15, 0.2) is 0 Å². The molecule has 0 aromatic carbocycles. The van der Waals surface area contributed by atoms with E-state index in [0.29, 0.717) is 0 Å². The Labute approximate surface area is 116 Å². The number of likely N-dealkylation sites (tertiary alicyclic amines) is 1. The second-order valence-corrected chi connectivity index (χ2v) is 4.87. The van der Waals surface area contributed by atoms with Crippen molar-refractivity contribution in [3.63, 3.8) is 0 Å². The number of carbonyl (C=O) groups excluding carboxylic acids is 1. The summed E-state index contributed by atoms with van der Waals surface area (Å²) in [6.45, 7) is 9.90. The molecule has 1 atom stereocenters. The Hall–Kier alpha value is -0.260. The summed E-state index contributed by atoms with van der Waals surface area (Å²) in [4.78, 5) is 12.7. The molecule has 1 rings (SSSR count). The van der Waals surface area contributed by atoms with Gasteiger partial charge in [0, 0.05) is 6.92 Å². The van der Waals surface area contributed by atoms with Crippen molar-refractivity contribution in [2.75, 3.05) is 26.1 Å². The highest BCUT2D eigenvalue weighted by Gasteiger charge is 2.07. The van der Waals surface area contributed by atoms with Crippen molar-refractivity contribution < 1.29 is 14.6 Å². The number of carbonyl (C=O) groups is 1. The van der Waals surface area contributed by atoms with E-state index in [1.807, 2.05) is 20.8 Å². The number of hydrogen-bond acceptors (Lipinski definition) is 5. The van der Waals surface area contributed by atoms with Crippen molar-refractivity contribution in [2.24, 2.45) is 0 Å². The average Bonchev–Trinajstić information content (AvgIpc) is 2.82. The Bertz CT molecular complexity index is 185. The molecule has 0 saturated carbocycles. The highest BCUT2D eigenvalue weighted by molar-refractivity contribution is 7.99. The first-order valence-corrected chi connectivity index (χ1v) is 7.73. The minimum Gasteiger partial charge on any atom is -0.451 e. The summed E-state index contributed by atoms with van der Waals surface area (Å²) < 4.78 is 4.80. The van der Waals surface area contributed by atoms with E-state index in [1.165, 1.54) is 44.6 Å². The van der Waals surface area contributed by atoms with Crippen molar-refractivity contribution in [2.45, 2.75) is 52.4 Å². The molecule has 0 aromatic rings.